The molecule has 5 aromatic rings. The van der Waals surface area contributed by atoms with Gasteiger partial charge in [-0.1, -0.05) is 48.5 Å². The van der Waals surface area contributed by atoms with E-state index in [1.54, 1.807) is 54.9 Å². The van der Waals surface area contributed by atoms with Crippen molar-refractivity contribution in [2.45, 2.75) is 31.6 Å². The van der Waals surface area contributed by atoms with E-state index in [0.29, 0.717) is 16.8 Å². The molecule has 0 spiro atoms. The summed E-state index contributed by atoms with van der Waals surface area (Å²) in [6, 6.07) is 27.3. The van der Waals surface area contributed by atoms with Crippen LogP contribution in [0.2, 0.25) is 0 Å². The minimum Gasteiger partial charge on any atom is -0.350 e. The first-order valence-corrected chi connectivity index (χ1v) is 17.0. The molecule has 12 nitrogen and oxygen atoms in total. The number of benzene rings is 3. The number of imide groups is 2. The molecule has 2 aliphatic rings. The Labute approximate surface area is 298 Å². The van der Waals surface area contributed by atoms with Crippen LogP contribution < -0.4 is 10.6 Å². The number of carbonyl (C=O) groups excluding carboxylic acids is 6. The molecular weight excluding hydrogens is 660 g/mol. The Balaban J connectivity index is 0.916. The maximum atomic E-state index is 13.4. The van der Waals surface area contributed by atoms with Crippen molar-refractivity contribution >= 4 is 52.2 Å². The minimum absolute atomic E-state index is 0.0122. The molecule has 12 heteroatoms. The maximum absolute atomic E-state index is 13.4. The lowest BCUT2D eigenvalue weighted by molar-refractivity contribution is -0.140. The van der Waals surface area contributed by atoms with Gasteiger partial charge in [-0.05, 0) is 64.7 Å². The van der Waals surface area contributed by atoms with Gasteiger partial charge in [-0.15, -0.1) is 0 Å². The largest absolute Gasteiger partial charge is 0.350 e. The highest BCUT2D eigenvalue weighted by Crippen LogP contribution is 2.32. The lowest BCUT2D eigenvalue weighted by Crippen LogP contribution is -2.37. The van der Waals surface area contributed by atoms with E-state index < -0.39 is 5.92 Å². The van der Waals surface area contributed by atoms with Crippen LogP contribution in [-0.2, 0) is 24.0 Å². The third kappa shape index (κ3) is 7.31. The van der Waals surface area contributed by atoms with Gasteiger partial charge in [0.15, 0.2) is 0 Å². The van der Waals surface area contributed by atoms with Gasteiger partial charge >= 0.3 is 0 Å². The van der Waals surface area contributed by atoms with Crippen LogP contribution in [0.15, 0.2) is 103 Å². The lowest BCUT2D eigenvalue weighted by atomic mass is 9.93. The van der Waals surface area contributed by atoms with Gasteiger partial charge in [0.2, 0.25) is 29.5 Å². The van der Waals surface area contributed by atoms with Gasteiger partial charge in [-0.2, -0.15) is 0 Å². The molecular formula is C40H34N6O6. The second-order valence-electron chi connectivity index (χ2n) is 12.7. The van der Waals surface area contributed by atoms with Gasteiger partial charge in [0.05, 0.1) is 17.0 Å². The number of carbonyl (C=O) groups is 6. The van der Waals surface area contributed by atoms with Crippen LogP contribution in [0.3, 0.4) is 0 Å². The van der Waals surface area contributed by atoms with Crippen LogP contribution in [0.25, 0.3) is 33.3 Å². The van der Waals surface area contributed by atoms with Crippen LogP contribution in [-0.4, -0.2) is 74.8 Å². The molecule has 0 aliphatic carbocycles. The number of hydrogen-bond acceptors (Lipinski definition) is 8. The summed E-state index contributed by atoms with van der Waals surface area (Å²) in [5.41, 5.74) is 6.75. The summed E-state index contributed by atoms with van der Waals surface area (Å²) in [6.45, 7) is 0.274. The Kier molecular flexibility index (Phi) is 9.61. The van der Waals surface area contributed by atoms with E-state index in [2.05, 4.69) is 20.6 Å². The summed E-state index contributed by atoms with van der Waals surface area (Å²) in [5.74, 6) is -2.43. The van der Waals surface area contributed by atoms with E-state index in [9.17, 15) is 28.8 Å². The number of nitrogens with zero attached hydrogens (tertiary/aromatic N) is 4. The van der Waals surface area contributed by atoms with Crippen LogP contribution >= 0.6 is 0 Å². The molecule has 2 saturated heterocycles. The van der Waals surface area contributed by atoms with Crippen molar-refractivity contribution in [2.75, 3.05) is 25.0 Å². The van der Waals surface area contributed by atoms with Crippen LogP contribution in [0, 0.1) is 0 Å². The molecule has 2 aromatic heterocycles. The van der Waals surface area contributed by atoms with E-state index in [1.807, 2.05) is 48.5 Å². The van der Waals surface area contributed by atoms with E-state index in [1.165, 1.54) is 4.90 Å². The lowest BCUT2D eigenvalue weighted by Gasteiger charge is -2.16. The Morgan fingerprint density at radius 1 is 0.692 bits per heavy atom. The molecule has 6 amide bonds. The first-order chi connectivity index (χ1) is 25.2. The number of pyridine rings is 2. The van der Waals surface area contributed by atoms with Gasteiger partial charge < -0.3 is 10.6 Å². The third-order valence-electron chi connectivity index (χ3n) is 9.30. The second-order valence-corrected chi connectivity index (χ2v) is 12.7. The summed E-state index contributed by atoms with van der Waals surface area (Å²) in [4.78, 5) is 86.4. The van der Waals surface area contributed by atoms with Crippen molar-refractivity contribution in [3.63, 3.8) is 0 Å². The van der Waals surface area contributed by atoms with Crippen LogP contribution in [0.5, 0.6) is 0 Å². The van der Waals surface area contributed by atoms with Gasteiger partial charge in [-0.3, -0.25) is 48.5 Å². The molecule has 1 unspecified atom stereocenters. The van der Waals surface area contributed by atoms with Crippen molar-refractivity contribution in [1.82, 2.24) is 25.1 Å². The molecule has 0 bridgehead atoms. The normalized spacial score (nSPS) is 15.8. The number of aromatic nitrogens is 2. The smallest absolute Gasteiger partial charge is 0.251 e. The molecule has 2 fully saturated rings. The summed E-state index contributed by atoms with van der Waals surface area (Å²) in [7, 11) is 0. The predicted molar refractivity (Wildman–Crippen MR) is 192 cm³/mol. The van der Waals surface area contributed by atoms with E-state index >= 15 is 0 Å². The fourth-order valence-electron chi connectivity index (χ4n) is 6.48. The van der Waals surface area contributed by atoms with Crippen molar-refractivity contribution < 1.29 is 28.8 Å². The predicted octanol–water partition coefficient (Wildman–Crippen LogP) is 4.71. The van der Waals surface area contributed by atoms with Crippen molar-refractivity contribution in [1.29, 1.82) is 0 Å². The zero-order chi connectivity index (χ0) is 36.2. The first kappa shape index (κ1) is 33.9. The molecule has 7 rings (SSSR count). The minimum atomic E-state index is -0.665. The van der Waals surface area contributed by atoms with E-state index in [0.717, 1.165) is 38.2 Å². The summed E-state index contributed by atoms with van der Waals surface area (Å²) < 4.78 is 0. The number of nitrogens with one attached hydrogen (secondary N) is 2. The van der Waals surface area contributed by atoms with Gasteiger partial charge in [-0.25, -0.2) is 0 Å². The Morgan fingerprint density at radius 2 is 1.42 bits per heavy atom. The molecule has 52 heavy (non-hydrogen) atoms. The number of rotatable bonds is 11. The number of fused-ring (bicyclic) bond motifs is 1. The first-order valence-electron chi connectivity index (χ1n) is 17.0. The number of hydrogen-bond donors (Lipinski definition) is 2. The monoisotopic (exact) mass is 694 g/mol. The Bertz CT molecular complexity index is 2200. The number of likely N-dealkylation sites (tertiary alicyclic amines) is 2. The standard InChI is InChI=1S/C40H34N6O6/c47-35(44-31-12-10-26(11-13-31)30-22-34-33(43-24-30)5-2-17-41-34)16-19-46-38(50)23-32(40(46)52)29-4-1-3-28(21-29)25-6-8-27(9-7-25)39(51)42-18-20-45-36(48)14-15-37(45)49/h1-13,17,21-22,24,32H,14-16,18-20,23H2,(H,42,51)(H,44,47). The van der Waals surface area contributed by atoms with Crippen LogP contribution in [0.1, 0.15) is 47.5 Å². The molecule has 260 valence electrons. The molecule has 3 aromatic carbocycles. The number of anilines is 1. The van der Waals surface area contributed by atoms with E-state index in [-0.39, 0.29) is 80.8 Å². The van der Waals surface area contributed by atoms with Gasteiger partial charge in [0.1, 0.15) is 0 Å². The highest BCUT2D eigenvalue weighted by molar-refractivity contribution is 6.07. The zero-order valence-electron chi connectivity index (χ0n) is 28.1. The fraction of sp³-hybridized carbons (Fsp3) is 0.200. The van der Waals surface area contributed by atoms with Crippen LogP contribution in [0.4, 0.5) is 5.69 Å². The summed E-state index contributed by atoms with van der Waals surface area (Å²) in [5, 5.41) is 5.58. The summed E-state index contributed by atoms with van der Waals surface area (Å²) >= 11 is 0. The van der Waals surface area contributed by atoms with Crippen molar-refractivity contribution in [2.24, 2.45) is 0 Å². The Hall–Kier alpha value is -6.56. The second kappa shape index (κ2) is 14.7. The van der Waals surface area contributed by atoms with Gasteiger partial charge in [0.25, 0.3) is 5.91 Å². The molecule has 0 saturated carbocycles. The van der Waals surface area contributed by atoms with E-state index in [4.69, 9.17) is 0 Å². The highest BCUT2D eigenvalue weighted by atomic mass is 16.2. The number of amides is 6. The highest BCUT2D eigenvalue weighted by Gasteiger charge is 2.39. The molecule has 2 aliphatic heterocycles. The molecule has 0 radical (unpaired) electrons. The quantitative estimate of drug-likeness (QED) is 0.188. The van der Waals surface area contributed by atoms with Crippen molar-refractivity contribution in [3.05, 3.63) is 115 Å². The third-order valence-corrected chi connectivity index (χ3v) is 9.30. The maximum Gasteiger partial charge on any atom is 0.251 e. The molecule has 2 N–H and O–H groups in total. The SMILES string of the molecule is O=C(CCN1C(=O)CC(c2cccc(-c3ccc(C(=O)NCCN4C(=O)CCC4=O)cc3)c2)C1=O)Nc1ccc(-c2cnc3cccnc3c2)cc1. The molecule has 4 heterocycles. The Morgan fingerprint density at radius 3 is 2.19 bits per heavy atom. The topological polar surface area (TPSA) is 159 Å². The summed E-state index contributed by atoms with van der Waals surface area (Å²) in [6.07, 6.45) is 3.89. The van der Waals surface area contributed by atoms with Crippen molar-refractivity contribution in [3.8, 4) is 22.3 Å². The average molecular weight is 695 g/mol. The molecule has 1 atom stereocenters. The van der Waals surface area contributed by atoms with Gasteiger partial charge in [0, 0.05) is 74.5 Å². The average Bonchev–Trinajstić information content (AvgIpc) is 3.65. The zero-order valence-corrected chi connectivity index (χ0v) is 28.1. The fourth-order valence-corrected chi connectivity index (χ4v) is 6.48.